The minimum absolute atomic E-state index is 0.0169. The molecular weight excluding hydrogens is 316 g/mol. The molecule has 0 bridgehead atoms. The summed E-state index contributed by atoms with van der Waals surface area (Å²) in [4.78, 5) is 11.3. The summed E-state index contributed by atoms with van der Waals surface area (Å²) in [5.74, 6) is -0.928. The average molecular weight is 324 g/mol. The monoisotopic (exact) mass is 323 g/mol. The molecule has 0 saturated heterocycles. The Hall–Kier alpha value is -2.61. The van der Waals surface area contributed by atoms with Gasteiger partial charge in [0.25, 0.3) is 0 Å². The maximum Gasteiger partial charge on any atom is 0.400 e. The van der Waals surface area contributed by atoms with Crippen molar-refractivity contribution in [3.05, 3.63) is 48.9 Å². The van der Waals surface area contributed by atoms with Gasteiger partial charge in [0.15, 0.2) is 0 Å². The highest BCUT2D eigenvalue weighted by Gasteiger charge is 2.35. The van der Waals surface area contributed by atoms with Crippen LogP contribution in [0.4, 0.5) is 20.2 Å². The summed E-state index contributed by atoms with van der Waals surface area (Å²) in [7, 11) is 0. The summed E-state index contributed by atoms with van der Waals surface area (Å²) in [6.07, 6.45) is 4.61. The fraction of sp³-hybridized carbons (Fsp3) is 0.0769. The number of nitrogens with zero attached hydrogens (tertiary/aromatic N) is 4. The smallest absolute Gasteiger partial charge is 0.353 e. The van der Waals surface area contributed by atoms with Gasteiger partial charge in [0.2, 0.25) is 5.82 Å². The standard InChI is InChI=1S/C13H8ClF2N5O/c14-13(15,16)12-20-11(21-22-12)8-2-1-3-9(4-8)19-10-5-17-7-18-6-10/h1-7,19H. The Morgan fingerprint density at radius 2 is 1.91 bits per heavy atom. The second-order valence-corrected chi connectivity index (χ2v) is 4.73. The van der Waals surface area contributed by atoms with E-state index in [2.05, 4.69) is 29.9 Å². The zero-order valence-electron chi connectivity index (χ0n) is 10.9. The van der Waals surface area contributed by atoms with Crippen LogP contribution in [0.2, 0.25) is 0 Å². The van der Waals surface area contributed by atoms with Crippen LogP contribution in [0.1, 0.15) is 5.89 Å². The molecule has 112 valence electrons. The first-order valence-corrected chi connectivity index (χ1v) is 6.43. The number of benzene rings is 1. The van der Waals surface area contributed by atoms with Gasteiger partial charge in [-0.3, -0.25) is 0 Å². The fourth-order valence-corrected chi connectivity index (χ4v) is 1.80. The van der Waals surface area contributed by atoms with E-state index in [-0.39, 0.29) is 5.82 Å². The van der Waals surface area contributed by atoms with E-state index >= 15 is 0 Å². The molecule has 22 heavy (non-hydrogen) atoms. The number of nitrogens with one attached hydrogen (secondary N) is 1. The SMILES string of the molecule is FC(F)(Cl)c1nc(-c2cccc(Nc3cncnc3)c2)no1. The van der Waals surface area contributed by atoms with Crippen LogP contribution in [0.3, 0.4) is 0 Å². The molecule has 3 aromatic rings. The molecule has 1 aromatic carbocycles. The van der Waals surface area contributed by atoms with E-state index in [0.29, 0.717) is 16.9 Å². The predicted molar refractivity (Wildman–Crippen MR) is 74.8 cm³/mol. The van der Waals surface area contributed by atoms with E-state index in [0.717, 1.165) is 0 Å². The molecule has 0 unspecified atom stereocenters. The molecule has 0 fully saturated rings. The summed E-state index contributed by atoms with van der Waals surface area (Å²) in [6.45, 7) is 0. The first-order chi connectivity index (χ1) is 10.5. The first-order valence-electron chi connectivity index (χ1n) is 6.06. The normalized spacial score (nSPS) is 11.4. The molecule has 0 atom stereocenters. The molecule has 0 spiro atoms. The van der Waals surface area contributed by atoms with Gasteiger partial charge in [-0.2, -0.15) is 13.8 Å². The minimum atomic E-state index is -3.69. The average Bonchev–Trinajstić information content (AvgIpc) is 2.99. The van der Waals surface area contributed by atoms with Crippen LogP contribution < -0.4 is 5.32 Å². The van der Waals surface area contributed by atoms with E-state index in [1.165, 1.54) is 6.33 Å². The van der Waals surface area contributed by atoms with Crippen LogP contribution in [0.15, 0.2) is 47.5 Å². The number of hydrogen-bond donors (Lipinski definition) is 1. The molecule has 3 rings (SSSR count). The van der Waals surface area contributed by atoms with Gasteiger partial charge in [-0.25, -0.2) is 9.97 Å². The lowest BCUT2D eigenvalue weighted by atomic mass is 10.2. The van der Waals surface area contributed by atoms with Crippen molar-refractivity contribution in [1.29, 1.82) is 0 Å². The number of alkyl halides is 3. The van der Waals surface area contributed by atoms with Crippen molar-refractivity contribution in [2.75, 3.05) is 5.32 Å². The summed E-state index contributed by atoms with van der Waals surface area (Å²) in [5, 5.41) is 2.87. The Morgan fingerprint density at radius 3 is 2.59 bits per heavy atom. The third-order valence-electron chi connectivity index (χ3n) is 2.64. The van der Waals surface area contributed by atoms with Crippen molar-refractivity contribution in [2.24, 2.45) is 0 Å². The molecule has 2 heterocycles. The van der Waals surface area contributed by atoms with Gasteiger partial charge in [0, 0.05) is 11.3 Å². The van der Waals surface area contributed by atoms with Crippen molar-refractivity contribution in [2.45, 2.75) is 5.38 Å². The molecule has 0 aliphatic carbocycles. The van der Waals surface area contributed by atoms with Crippen LogP contribution in [0.5, 0.6) is 0 Å². The number of hydrogen-bond acceptors (Lipinski definition) is 6. The lowest BCUT2D eigenvalue weighted by Crippen LogP contribution is -2.03. The van der Waals surface area contributed by atoms with Crippen LogP contribution in [0.25, 0.3) is 11.4 Å². The topological polar surface area (TPSA) is 76.7 Å². The predicted octanol–water partition coefficient (Wildman–Crippen LogP) is 3.56. The van der Waals surface area contributed by atoms with Crippen molar-refractivity contribution in [1.82, 2.24) is 20.1 Å². The quantitative estimate of drug-likeness (QED) is 0.740. The lowest BCUT2D eigenvalue weighted by Gasteiger charge is -2.05. The lowest BCUT2D eigenvalue weighted by molar-refractivity contribution is 0.0551. The van der Waals surface area contributed by atoms with Gasteiger partial charge in [-0.15, -0.1) is 0 Å². The zero-order valence-corrected chi connectivity index (χ0v) is 11.6. The van der Waals surface area contributed by atoms with Crippen LogP contribution in [-0.4, -0.2) is 20.1 Å². The highest BCUT2D eigenvalue weighted by Crippen LogP contribution is 2.32. The number of rotatable bonds is 4. The molecule has 2 aromatic heterocycles. The van der Waals surface area contributed by atoms with Gasteiger partial charge in [-0.1, -0.05) is 17.3 Å². The third kappa shape index (κ3) is 3.17. The van der Waals surface area contributed by atoms with E-state index in [1.54, 1.807) is 36.7 Å². The van der Waals surface area contributed by atoms with Gasteiger partial charge in [0.05, 0.1) is 18.1 Å². The fourth-order valence-electron chi connectivity index (χ4n) is 1.72. The van der Waals surface area contributed by atoms with Crippen molar-refractivity contribution >= 4 is 23.0 Å². The van der Waals surface area contributed by atoms with Crippen molar-refractivity contribution in [3.63, 3.8) is 0 Å². The maximum absolute atomic E-state index is 12.9. The minimum Gasteiger partial charge on any atom is -0.353 e. The summed E-state index contributed by atoms with van der Waals surface area (Å²) < 4.78 is 30.2. The Labute approximate surface area is 128 Å². The molecule has 0 radical (unpaired) electrons. The highest BCUT2D eigenvalue weighted by atomic mass is 35.5. The Morgan fingerprint density at radius 1 is 1.14 bits per heavy atom. The summed E-state index contributed by atoms with van der Waals surface area (Å²) >= 11 is 4.84. The second-order valence-electron chi connectivity index (χ2n) is 4.25. The van der Waals surface area contributed by atoms with Crippen LogP contribution >= 0.6 is 11.6 Å². The van der Waals surface area contributed by atoms with E-state index in [4.69, 9.17) is 11.6 Å². The summed E-state index contributed by atoms with van der Waals surface area (Å²) in [6, 6.07) is 6.84. The first kappa shape index (κ1) is 14.3. The zero-order chi connectivity index (χ0) is 15.6. The molecule has 0 amide bonds. The molecule has 6 nitrogen and oxygen atoms in total. The van der Waals surface area contributed by atoms with Gasteiger partial charge < -0.3 is 9.84 Å². The van der Waals surface area contributed by atoms with Crippen molar-refractivity contribution in [3.8, 4) is 11.4 Å². The molecule has 0 aliphatic rings. The number of aromatic nitrogens is 4. The van der Waals surface area contributed by atoms with E-state index in [1.807, 2.05) is 0 Å². The largest absolute Gasteiger partial charge is 0.400 e. The molecular formula is C13H8ClF2N5O. The Bertz CT molecular complexity index is 775. The molecule has 9 heteroatoms. The molecule has 0 aliphatic heterocycles. The molecule has 0 saturated carbocycles. The Balaban J connectivity index is 1.86. The van der Waals surface area contributed by atoms with Crippen LogP contribution in [-0.2, 0) is 5.38 Å². The number of halogens is 3. The summed E-state index contributed by atoms with van der Waals surface area (Å²) in [5.41, 5.74) is 1.87. The Kier molecular flexibility index (Phi) is 3.68. The van der Waals surface area contributed by atoms with E-state index in [9.17, 15) is 8.78 Å². The van der Waals surface area contributed by atoms with Crippen molar-refractivity contribution < 1.29 is 13.3 Å². The number of anilines is 2. The van der Waals surface area contributed by atoms with Gasteiger partial charge in [0.1, 0.15) is 6.33 Å². The van der Waals surface area contributed by atoms with Crippen LogP contribution in [0, 0.1) is 0 Å². The highest BCUT2D eigenvalue weighted by molar-refractivity contribution is 6.21. The van der Waals surface area contributed by atoms with E-state index < -0.39 is 11.3 Å². The third-order valence-corrected chi connectivity index (χ3v) is 2.80. The second kappa shape index (κ2) is 5.64. The molecule has 1 N–H and O–H groups in total. The van der Waals surface area contributed by atoms with Gasteiger partial charge >= 0.3 is 11.3 Å². The van der Waals surface area contributed by atoms with Gasteiger partial charge in [-0.05, 0) is 23.7 Å². The maximum atomic E-state index is 12.9.